The summed E-state index contributed by atoms with van der Waals surface area (Å²) < 4.78 is 0. The molecular formula is C15H24N2O4. The van der Waals surface area contributed by atoms with Crippen molar-refractivity contribution < 1.29 is 19.5 Å². The molecule has 0 bridgehead atoms. The van der Waals surface area contributed by atoms with Crippen molar-refractivity contribution in [3.05, 3.63) is 0 Å². The summed E-state index contributed by atoms with van der Waals surface area (Å²) in [6, 6.07) is -0.599. The largest absolute Gasteiger partial charge is 0.480 e. The first-order valence-electron chi connectivity index (χ1n) is 7.78. The number of likely N-dealkylation sites (tertiary alicyclic amines) is 1. The predicted molar refractivity (Wildman–Crippen MR) is 76.6 cm³/mol. The fraction of sp³-hybridized carbons (Fsp3) is 0.800. The van der Waals surface area contributed by atoms with Crippen LogP contribution in [0.1, 0.15) is 46.0 Å². The molecule has 0 aromatic carbocycles. The van der Waals surface area contributed by atoms with Gasteiger partial charge in [0.25, 0.3) is 0 Å². The molecule has 2 rings (SSSR count). The molecule has 1 saturated heterocycles. The van der Waals surface area contributed by atoms with E-state index in [1.807, 2.05) is 13.8 Å². The van der Waals surface area contributed by atoms with E-state index >= 15 is 0 Å². The molecule has 6 heteroatoms. The van der Waals surface area contributed by atoms with Crippen molar-refractivity contribution in [3.8, 4) is 0 Å². The lowest BCUT2D eigenvalue weighted by atomic mass is 10.1. The van der Waals surface area contributed by atoms with Crippen LogP contribution in [0.5, 0.6) is 0 Å². The van der Waals surface area contributed by atoms with Crippen molar-refractivity contribution in [2.45, 2.75) is 58.0 Å². The highest BCUT2D eigenvalue weighted by molar-refractivity contribution is 5.91. The Bertz CT molecular complexity index is 433. The Morgan fingerprint density at radius 1 is 1.29 bits per heavy atom. The van der Waals surface area contributed by atoms with Crippen LogP contribution in [0.4, 0.5) is 0 Å². The molecule has 1 aliphatic carbocycles. The molecule has 2 aliphatic rings. The molecule has 21 heavy (non-hydrogen) atoms. The summed E-state index contributed by atoms with van der Waals surface area (Å²) in [6.07, 6.45) is 3.99. The quantitative estimate of drug-likeness (QED) is 0.796. The second-order valence-corrected chi connectivity index (χ2v) is 6.08. The standard InChI is InChI=1S/C15H24N2O4/c1-3-10(2)17(9-13(18)19)15(21)12-5-4-8-16(12)14(20)11-6-7-11/h10-12H,3-9H2,1-2H3,(H,18,19). The van der Waals surface area contributed by atoms with Gasteiger partial charge in [0.2, 0.25) is 11.8 Å². The molecule has 0 radical (unpaired) electrons. The molecule has 0 aromatic rings. The first-order valence-corrected chi connectivity index (χ1v) is 7.78. The molecule has 1 heterocycles. The maximum atomic E-state index is 12.7. The van der Waals surface area contributed by atoms with Gasteiger partial charge in [0.15, 0.2) is 0 Å². The second-order valence-electron chi connectivity index (χ2n) is 6.08. The van der Waals surface area contributed by atoms with Gasteiger partial charge in [0, 0.05) is 18.5 Å². The van der Waals surface area contributed by atoms with Gasteiger partial charge in [-0.25, -0.2) is 0 Å². The molecular weight excluding hydrogens is 272 g/mol. The molecule has 1 N–H and O–H groups in total. The van der Waals surface area contributed by atoms with Crippen LogP contribution in [0.3, 0.4) is 0 Å². The molecule has 118 valence electrons. The molecule has 0 aromatic heterocycles. The Morgan fingerprint density at radius 3 is 2.48 bits per heavy atom. The first-order chi connectivity index (χ1) is 9.95. The Balaban J connectivity index is 2.10. The molecule has 0 spiro atoms. The van der Waals surface area contributed by atoms with Crippen molar-refractivity contribution in [2.75, 3.05) is 13.1 Å². The molecule has 2 unspecified atom stereocenters. The zero-order valence-corrected chi connectivity index (χ0v) is 12.7. The topological polar surface area (TPSA) is 77.9 Å². The van der Waals surface area contributed by atoms with Crippen LogP contribution < -0.4 is 0 Å². The lowest BCUT2D eigenvalue weighted by Gasteiger charge is -2.33. The third kappa shape index (κ3) is 3.54. The maximum Gasteiger partial charge on any atom is 0.323 e. The van der Waals surface area contributed by atoms with E-state index < -0.39 is 12.0 Å². The molecule has 1 aliphatic heterocycles. The van der Waals surface area contributed by atoms with E-state index in [1.54, 1.807) is 4.90 Å². The number of amides is 2. The van der Waals surface area contributed by atoms with E-state index in [0.717, 1.165) is 19.3 Å². The molecule has 2 atom stereocenters. The van der Waals surface area contributed by atoms with Gasteiger partial charge >= 0.3 is 5.97 Å². The summed E-state index contributed by atoms with van der Waals surface area (Å²) in [4.78, 5) is 39.0. The number of hydrogen-bond donors (Lipinski definition) is 1. The minimum atomic E-state index is -1.01. The van der Waals surface area contributed by atoms with Gasteiger partial charge in [-0.3, -0.25) is 14.4 Å². The number of nitrogens with zero attached hydrogens (tertiary/aromatic N) is 2. The first kappa shape index (κ1) is 15.8. The molecule has 1 saturated carbocycles. The summed E-state index contributed by atoms with van der Waals surface area (Å²) in [5.74, 6) is -1.06. The van der Waals surface area contributed by atoms with E-state index in [-0.39, 0.29) is 30.3 Å². The summed E-state index contributed by atoms with van der Waals surface area (Å²) in [5.41, 5.74) is 0. The van der Waals surface area contributed by atoms with Crippen LogP contribution in [-0.4, -0.2) is 57.9 Å². The van der Waals surface area contributed by atoms with Gasteiger partial charge in [-0.1, -0.05) is 6.92 Å². The Morgan fingerprint density at radius 2 is 1.95 bits per heavy atom. The Hall–Kier alpha value is -1.59. The molecule has 2 fully saturated rings. The lowest BCUT2D eigenvalue weighted by Crippen LogP contribution is -2.52. The molecule has 2 amide bonds. The molecule has 6 nitrogen and oxygen atoms in total. The van der Waals surface area contributed by atoms with Crippen LogP contribution in [0.2, 0.25) is 0 Å². The zero-order valence-electron chi connectivity index (χ0n) is 12.7. The van der Waals surface area contributed by atoms with Crippen LogP contribution in [-0.2, 0) is 14.4 Å². The SMILES string of the molecule is CCC(C)N(CC(=O)O)C(=O)C1CCCN1C(=O)C1CC1. The van der Waals surface area contributed by atoms with Crippen LogP contribution in [0.15, 0.2) is 0 Å². The average Bonchev–Trinajstić information content (AvgIpc) is 3.19. The van der Waals surface area contributed by atoms with Crippen LogP contribution >= 0.6 is 0 Å². The van der Waals surface area contributed by atoms with Crippen LogP contribution in [0.25, 0.3) is 0 Å². The van der Waals surface area contributed by atoms with Crippen molar-refractivity contribution in [3.63, 3.8) is 0 Å². The minimum Gasteiger partial charge on any atom is -0.480 e. The van der Waals surface area contributed by atoms with Gasteiger partial charge in [-0.05, 0) is 39.0 Å². The summed E-state index contributed by atoms with van der Waals surface area (Å²) >= 11 is 0. The Labute approximate surface area is 125 Å². The number of hydrogen-bond acceptors (Lipinski definition) is 3. The van der Waals surface area contributed by atoms with Crippen molar-refractivity contribution in [1.29, 1.82) is 0 Å². The monoisotopic (exact) mass is 296 g/mol. The summed E-state index contributed by atoms with van der Waals surface area (Å²) in [5, 5.41) is 9.02. The van der Waals surface area contributed by atoms with Crippen molar-refractivity contribution in [2.24, 2.45) is 5.92 Å². The van der Waals surface area contributed by atoms with E-state index in [1.165, 1.54) is 4.90 Å². The van der Waals surface area contributed by atoms with Gasteiger partial charge in [0.1, 0.15) is 12.6 Å². The number of carboxylic acid groups (broad SMARTS) is 1. The lowest BCUT2D eigenvalue weighted by molar-refractivity contribution is -0.151. The fourth-order valence-corrected chi connectivity index (χ4v) is 2.86. The van der Waals surface area contributed by atoms with E-state index in [4.69, 9.17) is 5.11 Å². The van der Waals surface area contributed by atoms with E-state index in [2.05, 4.69) is 0 Å². The highest BCUT2D eigenvalue weighted by Crippen LogP contribution is 2.34. The third-order valence-corrected chi connectivity index (χ3v) is 4.46. The summed E-state index contributed by atoms with van der Waals surface area (Å²) in [7, 11) is 0. The van der Waals surface area contributed by atoms with Crippen molar-refractivity contribution in [1.82, 2.24) is 9.80 Å². The second kappa shape index (κ2) is 6.45. The Kier molecular flexibility index (Phi) is 4.85. The van der Waals surface area contributed by atoms with Crippen molar-refractivity contribution >= 4 is 17.8 Å². The number of carboxylic acids is 1. The number of carbonyl (C=O) groups is 3. The van der Waals surface area contributed by atoms with E-state index in [0.29, 0.717) is 19.4 Å². The highest BCUT2D eigenvalue weighted by atomic mass is 16.4. The average molecular weight is 296 g/mol. The smallest absolute Gasteiger partial charge is 0.323 e. The minimum absolute atomic E-state index is 0.0743. The fourth-order valence-electron chi connectivity index (χ4n) is 2.86. The van der Waals surface area contributed by atoms with Gasteiger partial charge in [0.05, 0.1) is 0 Å². The van der Waals surface area contributed by atoms with E-state index in [9.17, 15) is 14.4 Å². The van der Waals surface area contributed by atoms with Gasteiger partial charge in [-0.2, -0.15) is 0 Å². The number of carbonyl (C=O) groups excluding carboxylic acids is 2. The summed E-state index contributed by atoms with van der Waals surface area (Å²) in [6.45, 7) is 4.10. The normalized spacial score (nSPS) is 23.0. The predicted octanol–water partition coefficient (Wildman–Crippen LogP) is 1.10. The highest BCUT2D eigenvalue weighted by Gasteiger charge is 2.42. The van der Waals surface area contributed by atoms with Crippen LogP contribution in [0, 0.1) is 5.92 Å². The third-order valence-electron chi connectivity index (χ3n) is 4.46. The van der Waals surface area contributed by atoms with Gasteiger partial charge in [-0.15, -0.1) is 0 Å². The zero-order chi connectivity index (χ0) is 15.6. The maximum absolute atomic E-state index is 12.7. The van der Waals surface area contributed by atoms with Gasteiger partial charge < -0.3 is 14.9 Å². The number of rotatable bonds is 6. The number of aliphatic carboxylic acids is 1.